The number of methoxy groups -OCH3 is 1. The number of anilines is 2. The molecule has 18 heteroatoms. The number of hydrogen-bond donors (Lipinski definition) is 0. The number of halogens is 5. The third-order valence-electron chi connectivity index (χ3n) is 13.4. The minimum absolute atomic E-state index is 0.0137. The van der Waals surface area contributed by atoms with Gasteiger partial charge in [0.2, 0.25) is 11.8 Å². The minimum Gasteiger partial charge on any atom is -0.381 e. The van der Waals surface area contributed by atoms with E-state index >= 15 is 13.2 Å². The number of hydrogen-bond acceptors (Lipinski definition) is 11. The van der Waals surface area contributed by atoms with Gasteiger partial charge < -0.3 is 24.3 Å². The first-order valence-electron chi connectivity index (χ1n) is 22.2. The van der Waals surface area contributed by atoms with Crippen LogP contribution in [0.15, 0.2) is 104 Å². The van der Waals surface area contributed by atoms with Crippen molar-refractivity contribution in [2.75, 3.05) is 62.8 Å². The summed E-state index contributed by atoms with van der Waals surface area (Å²) in [5, 5.41) is 1.85. The van der Waals surface area contributed by atoms with E-state index in [1.807, 2.05) is 14.7 Å². The van der Waals surface area contributed by atoms with Gasteiger partial charge in [0.15, 0.2) is 17.5 Å². The fraction of sp³-hybridized carbons (Fsp3) is 0.216. The van der Waals surface area contributed by atoms with E-state index in [-0.39, 0.29) is 79.1 Å². The van der Waals surface area contributed by atoms with Gasteiger partial charge in [-0.3, -0.25) is 19.6 Å². The predicted molar refractivity (Wildman–Crippen MR) is 256 cm³/mol. The first-order valence-corrected chi connectivity index (χ1v) is 22.6. The number of nitrogens with zero attached hydrogens (tertiary/aromatic N) is 10. The van der Waals surface area contributed by atoms with Gasteiger partial charge in [-0.25, -0.2) is 37.5 Å². The molecule has 346 valence electrons. The van der Waals surface area contributed by atoms with Crippen molar-refractivity contribution in [2.24, 2.45) is 0 Å². The molecule has 7 heterocycles. The lowest BCUT2D eigenvalue weighted by atomic mass is 9.95. The molecule has 2 amide bonds. The summed E-state index contributed by atoms with van der Waals surface area (Å²) in [5.74, 6) is -2.52. The van der Waals surface area contributed by atoms with E-state index in [1.54, 1.807) is 60.6 Å². The molecule has 11 rings (SSSR count). The summed E-state index contributed by atoms with van der Waals surface area (Å²) in [6, 6.07) is 15.3. The third kappa shape index (κ3) is 7.34. The van der Waals surface area contributed by atoms with Crippen LogP contribution >= 0.6 is 11.6 Å². The fourth-order valence-electron chi connectivity index (χ4n) is 9.98. The number of ether oxygens (including phenoxy) is 1. The number of pyridine rings is 2. The molecule has 0 unspecified atom stereocenters. The standard InChI is InChI=1S/C51H39ClF4N10O3/c1-3-39(67)63-16-18-64(19-17-63)51-35-24-57-45(31-9-4-7-27-21-28(53)12-13-29(27)31)44(56)48(35)61-49(62-51)33-22-36(54)42(52)41-30(33)8-5-10-32(41)46-43(55)47-34(23-58-46)50(60-26-59-47)66-25-38-37(66)14-15-65(38)40(68)11-6-20-69-2/h3-13,21-24,26,37-38H,1,14-20,25H2,2H3/b11-6+/t37-,38-/m1/s1. The molecule has 2 atom stereocenters. The van der Waals surface area contributed by atoms with Crippen LogP contribution in [-0.2, 0) is 14.3 Å². The maximum atomic E-state index is 17.3. The van der Waals surface area contributed by atoms with Crippen molar-refractivity contribution in [3.63, 3.8) is 0 Å². The predicted octanol–water partition coefficient (Wildman–Crippen LogP) is 8.71. The van der Waals surface area contributed by atoms with Crippen molar-refractivity contribution in [1.82, 2.24) is 39.7 Å². The zero-order valence-electron chi connectivity index (χ0n) is 36.8. The number of piperazine rings is 1. The zero-order valence-corrected chi connectivity index (χ0v) is 37.6. The largest absolute Gasteiger partial charge is 0.381 e. The van der Waals surface area contributed by atoms with Gasteiger partial charge in [0.1, 0.15) is 52.0 Å². The van der Waals surface area contributed by atoms with Gasteiger partial charge >= 0.3 is 0 Å². The second kappa shape index (κ2) is 17.5. The Morgan fingerprint density at radius 3 is 2.29 bits per heavy atom. The second-order valence-corrected chi connectivity index (χ2v) is 17.4. The van der Waals surface area contributed by atoms with Gasteiger partial charge in [-0.1, -0.05) is 66.7 Å². The van der Waals surface area contributed by atoms with E-state index in [1.165, 1.54) is 43.0 Å². The molecule has 0 spiro atoms. The second-order valence-electron chi connectivity index (χ2n) is 17.0. The summed E-state index contributed by atoms with van der Waals surface area (Å²) in [5.41, 5.74) is 0.358. The molecule has 0 saturated carbocycles. The Morgan fingerprint density at radius 1 is 0.768 bits per heavy atom. The molecule has 3 aliphatic heterocycles. The summed E-state index contributed by atoms with van der Waals surface area (Å²) >= 11 is 6.82. The number of likely N-dealkylation sites (tertiary alicyclic amines) is 1. The van der Waals surface area contributed by atoms with Gasteiger partial charge in [-0.05, 0) is 46.9 Å². The maximum Gasteiger partial charge on any atom is 0.246 e. The summed E-state index contributed by atoms with van der Waals surface area (Å²) in [6.45, 7) is 6.24. The number of rotatable bonds is 9. The minimum atomic E-state index is -0.872. The lowest BCUT2D eigenvalue weighted by Gasteiger charge is -2.47. The monoisotopic (exact) mass is 950 g/mol. The molecule has 3 fully saturated rings. The summed E-state index contributed by atoms with van der Waals surface area (Å²) in [4.78, 5) is 60.6. The molecule has 3 aliphatic rings. The lowest BCUT2D eigenvalue weighted by molar-refractivity contribution is -0.127. The number of carbonyl (C=O) groups excluding carboxylic acids is 2. The van der Waals surface area contributed by atoms with Gasteiger partial charge in [-0.15, -0.1) is 0 Å². The normalized spacial score (nSPS) is 17.1. The van der Waals surface area contributed by atoms with Crippen LogP contribution in [0.1, 0.15) is 6.42 Å². The molecular weight excluding hydrogens is 912 g/mol. The third-order valence-corrected chi connectivity index (χ3v) is 13.7. The van der Waals surface area contributed by atoms with E-state index in [0.29, 0.717) is 91.0 Å². The number of aromatic nitrogens is 6. The van der Waals surface area contributed by atoms with Gasteiger partial charge in [0.05, 0.1) is 34.5 Å². The van der Waals surface area contributed by atoms with Crippen molar-refractivity contribution in [1.29, 1.82) is 0 Å². The average molecular weight is 951 g/mol. The van der Waals surface area contributed by atoms with E-state index < -0.39 is 23.3 Å². The van der Waals surface area contributed by atoms with E-state index in [0.717, 1.165) is 6.07 Å². The lowest BCUT2D eigenvalue weighted by Crippen LogP contribution is -2.63. The Bertz CT molecular complexity index is 3500. The Hall–Kier alpha value is -7.63. The Kier molecular flexibility index (Phi) is 11.1. The van der Waals surface area contributed by atoms with Gasteiger partial charge in [0, 0.05) is 86.9 Å². The molecule has 13 nitrogen and oxygen atoms in total. The first-order chi connectivity index (χ1) is 33.5. The highest BCUT2D eigenvalue weighted by Gasteiger charge is 2.49. The number of fused-ring (bicyclic) bond motifs is 5. The van der Waals surface area contributed by atoms with Crippen LogP contribution < -0.4 is 9.80 Å². The highest BCUT2D eigenvalue weighted by Crippen LogP contribution is 2.44. The van der Waals surface area contributed by atoms with E-state index in [2.05, 4.69) is 26.5 Å². The SMILES string of the molecule is C=CC(=O)N1CCN(c2nc(-c3cc(F)c(Cl)c4c(-c5ncc6c(N7C[C@@H]8[C@H]7CCN8C(=O)/C=C/COC)ncnc6c5F)cccc34)nc3c(F)c(-c4cccc5cc(F)ccc45)ncc23)CC1. The Morgan fingerprint density at radius 2 is 1.51 bits per heavy atom. The van der Waals surface area contributed by atoms with Crippen molar-refractivity contribution in [2.45, 2.75) is 18.5 Å². The molecular formula is C51H39ClF4N10O3. The van der Waals surface area contributed by atoms with E-state index in [4.69, 9.17) is 26.3 Å². The molecule has 0 aliphatic carbocycles. The summed E-state index contributed by atoms with van der Waals surface area (Å²) in [6.07, 6.45) is 9.38. The highest BCUT2D eigenvalue weighted by atomic mass is 35.5. The van der Waals surface area contributed by atoms with Crippen molar-refractivity contribution < 1.29 is 31.9 Å². The van der Waals surface area contributed by atoms with Gasteiger partial charge in [-0.2, -0.15) is 0 Å². The highest BCUT2D eigenvalue weighted by molar-refractivity contribution is 6.37. The van der Waals surface area contributed by atoms with Crippen LogP contribution in [0.3, 0.4) is 0 Å². The van der Waals surface area contributed by atoms with Crippen LogP contribution in [0.25, 0.3) is 77.3 Å². The van der Waals surface area contributed by atoms with E-state index in [9.17, 15) is 14.0 Å². The number of benzene rings is 4. The molecule has 4 aromatic carbocycles. The molecule has 0 bridgehead atoms. The summed E-state index contributed by atoms with van der Waals surface area (Å²) < 4.78 is 70.1. The topological polar surface area (TPSA) is 134 Å². The molecule has 3 saturated heterocycles. The smallest absolute Gasteiger partial charge is 0.246 e. The molecule has 0 N–H and O–H groups in total. The maximum absolute atomic E-state index is 17.3. The average Bonchev–Trinajstić information content (AvgIpc) is 3.70. The Labute approximate surface area is 396 Å². The quantitative estimate of drug-likeness (QED) is 0.102. The summed E-state index contributed by atoms with van der Waals surface area (Å²) in [7, 11) is 1.56. The van der Waals surface area contributed by atoms with Crippen LogP contribution in [0.2, 0.25) is 5.02 Å². The van der Waals surface area contributed by atoms with Crippen LogP contribution in [-0.4, -0.2) is 117 Å². The van der Waals surface area contributed by atoms with Crippen molar-refractivity contribution in [3.05, 3.63) is 132 Å². The zero-order chi connectivity index (χ0) is 47.7. The molecule has 0 radical (unpaired) electrons. The first kappa shape index (κ1) is 43.9. The van der Waals surface area contributed by atoms with Crippen LogP contribution in [0.5, 0.6) is 0 Å². The molecule has 8 aromatic rings. The number of carbonyl (C=O) groups is 2. The Balaban J connectivity index is 1.02. The fourth-order valence-corrected chi connectivity index (χ4v) is 10.2. The molecule has 4 aromatic heterocycles. The van der Waals surface area contributed by atoms with Crippen LogP contribution in [0, 0.1) is 23.3 Å². The number of amides is 2. The molecule has 69 heavy (non-hydrogen) atoms. The van der Waals surface area contributed by atoms with Crippen molar-refractivity contribution in [3.8, 4) is 33.9 Å². The van der Waals surface area contributed by atoms with Crippen molar-refractivity contribution >= 4 is 78.4 Å². The van der Waals surface area contributed by atoms with Crippen LogP contribution in [0.4, 0.5) is 29.2 Å². The van der Waals surface area contributed by atoms with Gasteiger partial charge in [0.25, 0.3) is 0 Å².